The van der Waals surface area contributed by atoms with Gasteiger partial charge in [-0.2, -0.15) is 0 Å². The summed E-state index contributed by atoms with van der Waals surface area (Å²) in [6.45, 7) is 5.28. The van der Waals surface area contributed by atoms with Gasteiger partial charge < -0.3 is 5.32 Å². The predicted octanol–water partition coefficient (Wildman–Crippen LogP) is 4.77. The number of carbonyl (C=O) groups is 1. The number of amides is 1. The second-order valence-corrected chi connectivity index (χ2v) is 7.32. The Labute approximate surface area is 134 Å². The molecule has 0 unspecified atom stereocenters. The summed E-state index contributed by atoms with van der Waals surface area (Å²) in [5, 5.41) is 5.34. The van der Waals surface area contributed by atoms with Crippen LogP contribution in [0.2, 0.25) is 0 Å². The van der Waals surface area contributed by atoms with Gasteiger partial charge in [0.25, 0.3) is 5.91 Å². The van der Waals surface area contributed by atoms with Gasteiger partial charge in [-0.25, -0.2) is 0 Å². The molecule has 0 radical (unpaired) electrons. The highest BCUT2D eigenvalue weighted by Gasteiger charge is 2.45. The molecule has 2 aromatic rings. The number of carbonyl (C=O) groups excluding carboxylic acids is 1. The summed E-state index contributed by atoms with van der Waals surface area (Å²) in [6, 6.07) is 12.0. The molecule has 0 aliphatic heterocycles. The molecule has 110 valence electrons. The fourth-order valence-electron chi connectivity index (χ4n) is 2.84. The third-order valence-electron chi connectivity index (χ3n) is 4.78. The minimum atomic E-state index is 0.0340. The van der Waals surface area contributed by atoms with Crippen molar-refractivity contribution in [1.82, 2.24) is 5.32 Å². The molecule has 2 nitrogen and oxygen atoms in total. The zero-order valence-corrected chi connectivity index (χ0v) is 14.0. The molecule has 3 rings (SSSR count). The van der Waals surface area contributed by atoms with E-state index in [1.165, 1.54) is 12.8 Å². The van der Waals surface area contributed by atoms with E-state index in [0.717, 1.165) is 27.4 Å². The molecular weight excluding hydrogens is 326 g/mol. The topological polar surface area (TPSA) is 29.1 Å². The maximum atomic E-state index is 12.3. The summed E-state index contributed by atoms with van der Waals surface area (Å²) in [4.78, 5) is 12.3. The van der Waals surface area contributed by atoms with Gasteiger partial charge in [-0.1, -0.05) is 41.9 Å². The maximum absolute atomic E-state index is 12.3. The lowest BCUT2D eigenvalue weighted by molar-refractivity contribution is 0.0940. The molecule has 1 amide bonds. The van der Waals surface area contributed by atoms with Crippen LogP contribution in [0, 0.1) is 11.3 Å². The van der Waals surface area contributed by atoms with Crippen molar-refractivity contribution in [3.63, 3.8) is 0 Å². The third kappa shape index (κ3) is 2.98. The van der Waals surface area contributed by atoms with Gasteiger partial charge in [-0.15, -0.1) is 0 Å². The number of halogens is 1. The Bertz CT molecular complexity index is 689. The van der Waals surface area contributed by atoms with Crippen LogP contribution >= 0.6 is 15.9 Å². The maximum Gasteiger partial charge on any atom is 0.251 e. The summed E-state index contributed by atoms with van der Waals surface area (Å²) in [6.07, 6.45) is 2.47. The molecule has 1 aliphatic rings. The van der Waals surface area contributed by atoms with Gasteiger partial charge >= 0.3 is 0 Å². The highest BCUT2D eigenvalue weighted by atomic mass is 79.9. The SMILES string of the molecule is CC(C)C1(CNC(=O)c2ccc3cc(Br)ccc3c2)CC1. The highest BCUT2D eigenvalue weighted by Crippen LogP contribution is 2.51. The predicted molar refractivity (Wildman–Crippen MR) is 90.5 cm³/mol. The highest BCUT2D eigenvalue weighted by molar-refractivity contribution is 9.10. The van der Waals surface area contributed by atoms with Crippen molar-refractivity contribution in [1.29, 1.82) is 0 Å². The molecule has 0 saturated heterocycles. The van der Waals surface area contributed by atoms with Crippen molar-refractivity contribution in [3.05, 3.63) is 46.4 Å². The second kappa shape index (κ2) is 5.45. The quantitative estimate of drug-likeness (QED) is 0.849. The van der Waals surface area contributed by atoms with Crippen LogP contribution in [0.15, 0.2) is 40.9 Å². The van der Waals surface area contributed by atoms with E-state index in [1.807, 2.05) is 30.3 Å². The first-order chi connectivity index (χ1) is 10.00. The fraction of sp³-hybridized carbons (Fsp3) is 0.389. The summed E-state index contributed by atoms with van der Waals surface area (Å²) < 4.78 is 1.06. The van der Waals surface area contributed by atoms with Gasteiger partial charge in [0.2, 0.25) is 0 Å². The van der Waals surface area contributed by atoms with Crippen LogP contribution < -0.4 is 5.32 Å². The average Bonchev–Trinajstić information content (AvgIpc) is 3.25. The summed E-state index contributed by atoms with van der Waals surface area (Å²) in [5.41, 5.74) is 1.08. The number of nitrogens with one attached hydrogen (secondary N) is 1. The zero-order chi connectivity index (χ0) is 15.0. The molecule has 1 aliphatic carbocycles. The van der Waals surface area contributed by atoms with E-state index >= 15 is 0 Å². The van der Waals surface area contributed by atoms with E-state index in [9.17, 15) is 4.79 Å². The molecule has 3 heteroatoms. The van der Waals surface area contributed by atoms with E-state index < -0.39 is 0 Å². The van der Waals surface area contributed by atoms with Crippen molar-refractivity contribution < 1.29 is 4.79 Å². The number of hydrogen-bond donors (Lipinski definition) is 1. The summed E-state index contributed by atoms with van der Waals surface area (Å²) >= 11 is 3.47. The third-order valence-corrected chi connectivity index (χ3v) is 5.28. The van der Waals surface area contributed by atoms with Crippen molar-refractivity contribution >= 4 is 32.6 Å². The van der Waals surface area contributed by atoms with Crippen LogP contribution in [-0.2, 0) is 0 Å². The van der Waals surface area contributed by atoms with E-state index in [0.29, 0.717) is 11.3 Å². The Morgan fingerprint density at radius 1 is 1.19 bits per heavy atom. The molecule has 0 spiro atoms. The fourth-order valence-corrected chi connectivity index (χ4v) is 3.21. The van der Waals surface area contributed by atoms with Crippen LogP contribution in [0.25, 0.3) is 10.8 Å². The minimum Gasteiger partial charge on any atom is -0.351 e. The van der Waals surface area contributed by atoms with E-state index in [4.69, 9.17) is 0 Å². The Morgan fingerprint density at radius 3 is 2.52 bits per heavy atom. The Morgan fingerprint density at radius 2 is 1.86 bits per heavy atom. The lowest BCUT2D eigenvalue weighted by Gasteiger charge is -2.20. The summed E-state index contributed by atoms with van der Waals surface area (Å²) in [7, 11) is 0. The Kier molecular flexibility index (Phi) is 3.78. The van der Waals surface area contributed by atoms with Gasteiger partial charge in [0.1, 0.15) is 0 Å². The van der Waals surface area contributed by atoms with Crippen LogP contribution in [0.4, 0.5) is 0 Å². The summed E-state index contributed by atoms with van der Waals surface area (Å²) in [5.74, 6) is 0.665. The van der Waals surface area contributed by atoms with Crippen molar-refractivity contribution in [2.45, 2.75) is 26.7 Å². The monoisotopic (exact) mass is 345 g/mol. The molecule has 2 aromatic carbocycles. The Balaban J connectivity index is 1.74. The van der Waals surface area contributed by atoms with Crippen LogP contribution in [0.3, 0.4) is 0 Å². The minimum absolute atomic E-state index is 0.0340. The van der Waals surface area contributed by atoms with E-state index in [2.05, 4.69) is 41.2 Å². The average molecular weight is 346 g/mol. The standard InChI is InChI=1S/C18H20BrNO/c1-12(2)18(7-8-18)11-20-17(21)15-4-3-14-10-16(19)6-5-13(14)9-15/h3-6,9-10,12H,7-8,11H2,1-2H3,(H,20,21). The second-order valence-electron chi connectivity index (χ2n) is 6.41. The van der Waals surface area contributed by atoms with Crippen molar-refractivity contribution in [2.75, 3.05) is 6.54 Å². The van der Waals surface area contributed by atoms with E-state index in [1.54, 1.807) is 0 Å². The number of rotatable bonds is 4. The smallest absolute Gasteiger partial charge is 0.251 e. The molecule has 0 heterocycles. The molecule has 21 heavy (non-hydrogen) atoms. The lowest BCUT2D eigenvalue weighted by Crippen LogP contribution is -2.32. The number of hydrogen-bond acceptors (Lipinski definition) is 1. The molecule has 0 aromatic heterocycles. The molecular formula is C18H20BrNO. The molecule has 1 fully saturated rings. The zero-order valence-electron chi connectivity index (χ0n) is 12.4. The van der Waals surface area contributed by atoms with Crippen LogP contribution in [0.1, 0.15) is 37.0 Å². The first kappa shape index (κ1) is 14.6. The first-order valence-electron chi connectivity index (χ1n) is 7.48. The Hall–Kier alpha value is -1.35. The van der Waals surface area contributed by atoms with Gasteiger partial charge in [-0.05, 0) is 59.2 Å². The lowest BCUT2D eigenvalue weighted by atomic mass is 9.92. The molecule has 1 saturated carbocycles. The van der Waals surface area contributed by atoms with Crippen molar-refractivity contribution in [2.24, 2.45) is 11.3 Å². The largest absolute Gasteiger partial charge is 0.351 e. The van der Waals surface area contributed by atoms with Gasteiger partial charge in [0.15, 0.2) is 0 Å². The first-order valence-corrected chi connectivity index (χ1v) is 8.27. The molecule has 1 N–H and O–H groups in total. The van der Waals surface area contributed by atoms with Gasteiger partial charge in [-0.3, -0.25) is 4.79 Å². The normalized spacial score (nSPS) is 16.2. The van der Waals surface area contributed by atoms with E-state index in [-0.39, 0.29) is 5.91 Å². The van der Waals surface area contributed by atoms with Gasteiger partial charge in [0.05, 0.1) is 0 Å². The van der Waals surface area contributed by atoms with Gasteiger partial charge in [0, 0.05) is 16.6 Å². The number of benzene rings is 2. The van der Waals surface area contributed by atoms with Crippen LogP contribution in [-0.4, -0.2) is 12.5 Å². The number of fused-ring (bicyclic) bond motifs is 1. The van der Waals surface area contributed by atoms with Crippen molar-refractivity contribution in [3.8, 4) is 0 Å². The molecule has 0 bridgehead atoms. The van der Waals surface area contributed by atoms with Crippen LogP contribution in [0.5, 0.6) is 0 Å². The molecule has 0 atom stereocenters.